The number of hydrogen-bond acceptors (Lipinski definition) is 4. The van der Waals surface area contributed by atoms with E-state index < -0.39 is 0 Å². The van der Waals surface area contributed by atoms with Crippen LogP contribution in [0.2, 0.25) is 0 Å². The first kappa shape index (κ1) is 13.6. The first-order valence-corrected chi connectivity index (χ1v) is 6.91. The molecule has 1 aromatic heterocycles. The van der Waals surface area contributed by atoms with Gasteiger partial charge in [0.25, 0.3) is 0 Å². The summed E-state index contributed by atoms with van der Waals surface area (Å²) in [6.07, 6.45) is 0. The summed E-state index contributed by atoms with van der Waals surface area (Å²) >= 11 is 0. The maximum atomic E-state index is 5.31. The Morgan fingerprint density at radius 1 is 1.33 bits per heavy atom. The molecule has 0 radical (unpaired) electrons. The average Bonchev–Trinajstić information content (AvgIpc) is 2.68. The lowest BCUT2D eigenvalue weighted by atomic mass is 9.95. The van der Waals surface area contributed by atoms with Crippen molar-refractivity contribution in [3.05, 3.63) is 17.0 Å². The van der Waals surface area contributed by atoms with E-state index in [9.17, 15) is 0 Å². The van der Waals surface area contributed by atoms with Crippen molar-refractivity contribution in [3.63, 3.8) is 0 Å². The maximum Gasteiger partial charge on any atom is 0.138 e. The first-order chi connectivity index (χ1) is 8.52. The Labute approximate surface area is 110 Å². The van der Waals surface area contributed by atoms with Crippen molar-refractivity contribution >= 4 is 0 Å². The van der Waals surface area contributed by atoms with Crippen LogP contribution < -0.4 is 5.32 Å². The third-order valence-corrected chi connectivity index (χ3v) is 4.10. The van der Waals surface area contributed by atoms with Crippen molar-refractivity contribution in [2.45, 2.75) is 46.7 Å². The molecule has 1 aliphatic rings. The average molecular weight is 251 g/mol. The lowest BCUT2D eigenvalue weighted by Gasteiger charge is -2.42. The highest BCUT2D eigenvalue weighted by Gasteiger charge is 2.31. The number of aromatic nitrogens is 1. The summed E-state index contributed by atoms with van der Waals surface area (Å²) in [5.41, 5.74) is 2.29. The van der Waals surface area contributed by atoms with Crippen LogP contribution in [-0.2, 0) is 0 Å². The fourth-order valence-corrected chi connectivity index (χ4v) is 3.09. The molecule has 4 heteroatoms. The van der Waals surface area contributed by atoms with E-state index >= 15 is 0 Å². The Balaban J connectivity index is 2.23. The monoisotopic (exact) mass is 251 g/mol. The second-order valence-corrected chi connectivity index (χ2v) is 5.67. The van der Waals surface area contributed by atoms with E-state index in [-0.39, 0.29) is 0 Å². The highest BCUT2D eigenvalue weighted by molar-refractivity contribution is 5.25. The largest absolute Gasteiger partial charge is 0.361 e. The van der Waals surface area contributed by atoms with Crippen LogP contribution in [0.15, 0.2) is 4.52 Å². The van der Waals surface area contributed by atoms with E-state index in [1.165, 1.54) is 5.56 Å². The molecule has 1 saturated heterocycles. The molecule has 0 amide bonds. The molecule has 1 aromatic rings. The predicted molar refractivity (Wildman–Crippen MR) is 72.6 cm³/mol. The molecule has 1 N–H and O–H groups in total. The van der Waals surface area contributed by atoms with Crippen molar-refractivity contribution in [2.75, 3.05) is 19.6 Å². The van der Waals surface area contributed by atoms with Gasteiger partial charge in [0, 0.05) is 37.3 Å². The van der Waals surface area contributed by atoms with Crippen LogP contribution >= 0.6 is 0 Å². The summed E-state index contributed by atoms with van der Waals surface area (Å²) in [6, 6.07) is 0.966. The predicted octanol–water partition coefficient (Wildman–Crippen LogP) is 2.28. The third-order valence-electron chi connectivity index (χ3n) is 4.10. The zero-order valence-electron chi connectivity index (χ0n) is 12.2. The van der Waals surface area contributed by atoms with Crippen LogP contribution in [0.1, 0.15) is 43.8 Å². The molecule has 1 aliphatic heterocycles. The van der Waals surface area contributed by atoms with Crippen molar-refractivity contribution in [1.29, 1.82) is 0 Å². The van der Waals surface area contributed by atoms with E-state index in [1.54, 1.807) is 0 Å². The second kappa shape index (κ2) is 5.41. The van der Waals surface area contributed by atoms with Gasteiger partial charge in [-0.1, -0.05) is 19.0 Å². The van der Waals surface area contributed by atoms with Gasteiger partial charge in [0.1, 0.15) is 5.76 Å². The molecule has 0 bridgehead atoms. The summed E-state index contributed by atoms with van der Waals surface area (Å²) in [7, 11) is 0. The molecule has 18 heavy (non-hydrogen) atoms. The second-order valence-electron chi connectivity index (χ2n) is 5.67. The summed E-state index contributed by atoms with van der Waals surface area (Å²) in [6.45, 7) is 14.1. The topological polar surface area (TPSA) is 41.3 Å². The number of piperazine rings is 1. The van der Waals surface area contributed by atoms with Crippen LogP contribution in [0.5, 0.6) is 0 Å². The van der Waals surface area contributed by atoms with Crippen molar-refractivity contribution in [2.24, 2.45) is 5.92 Å². The molecule has 2 unspecified atom stereocenters. The van der Waals surface area contributed by atoms with Crippen molar-refractivity contribution < 1.29 is 4.52 Å². The van der Waals surface area contributed by atoms with Crippen molar-refractivity contribution in [3.8, 4) is 0 Å². The Morgan fingerprint density at radius 2 is 2.06 bits per heavy atom. The van der Waals surface area contributed by atoms with E-state index in [0.29, 0.717) is 18.0 Å². The van der Waals surface area contributed by atoms with Crippen molar-refractivity contribution in [1.82, 2.24) is 15.4 Å². The Bertz CT molecular complexity index is 380. The fourth-order valence-electron chi connectivity index (χ4n) is 3.09. The summed E-state index contributed by atoms with van der Waals surface area (Å²) in [5, 5.41) is 7.58. The molecule has 2 rings (SSSR count). The van der Waals surface area contributed by atoms with E-state index in [1.807, 2.05) is 13.8 Å². The molecule has 0 spiro atoms. The van der Waals surface area contributed by atoms with E-state index in [0.717, 1.165) is 31.1 Å². The van der Waals surface area contributed by atoms with Gasteiger partial charge >= 0.3 is 0 Å². The number of aryl methyl sites for hydroxylation is 2. The van der Waals surface area contributed by atoms with Gasteiger partial charge in [0.05, 0.1) is 5.69 Å². The van der Waals surface area contributed by atoms with Crippen LogP contribution in [-0.4, -0.2) is 35.7 Å². The SMILES string of the molecule is Cc1noc(C)c1C(C)N1CCNCC1C(C)C. The lowest BCUT2D eigenvalue weighted by molar-refractivity contribution is 0.0834. The van der Waals surface area contributed by atoms with Gasteiger partial charge in [0.15, 0.2) is 0 Å². The maximum absolute atomic E-state index is 5.31. The zero-order valence-corrected chi connectivity index (χ0v) is 12.2. The Morgan fingerprint density at radius 3 is 2.61 bits per heavy atom. The molecule has 2 heterocycles. The molecule has 4 nitrogen and oxygen atoms in total. The zero-order chi connectivity index (χ0) is 13.3. The standard InChI is InChI=1S/C14H25N3O/c1-9(2)13-8-15-6-7-17(13)11(4)14-10(3)16-18-12(14)5/h9,11,13,15H,6-8H2,1-5H3. The molecule has 2 atom stereocenters. The first-order valence-electron chi connectivity index (χ1n) is 6.91. The highest BCUT2D eigenvalue weighted by atomic mass is 16.5. The molecule has 102 valence electrons. The smallest absolute Gasteiger partial charge is 0.138 e. The summed E-state index contributed by atoms with van der Waals surface area (Å²) < 4.78 is 5.31. The van der Waals surface area contributed by atoms with Crippen LogP contribution in [0, 0.1) is 19.8 Å². The Kier molecular flexibility index (Phi) is 4.07. The quantitative estimate of drug-likeness (QED) is 0.895. The molecule has 0 aliphatic carbocycles. The van der Waals surface area contributed by atoms with E-state index in [4.69, 9.17) is 4.52 Å². The molecule has 0 saturated carbocycles. The van der Waals surface area contributed by atoms with Gasteiger partial charge in [-0.25, -0.2) is 0 Å². The molecular weight excluding hydrogens is 226 g/mol. The normalized spacial score (nSPS) is 23.6. The molecule has 1 fully saturated rings. The number of rotatable bonds is 3. The minimum absolute atomic E-state index is 0.380. The molecule has 0 aromatic carbocycles. The lowest BCUT2D eigenvalue weighted by Crippen LogP contribution is -2.54. The number of nitrogens with zero attached hydrogens (tertiary/aromatic N) is 2. The van der Waals surface area contributed by atoms with Gasteiger partial charge in [0.2, 0.25) is 0 Å². The van der Waals surface area contributed by atoms with Crippen LogP contribution in [0.25, 0.3) is 0 Å². The highest BCUT2D eigenvalue weighted by Crippen LogP contribution is 2.30. The fraction of sp³-hybridized carbons (Fsp3) is 0.786. The van der Waals surface area contributed by atoms with Gasteiger partial charge in [-0.15, -0.1) is 0 Å². The minimum atomic E-state index is 0.380. The van der Waals surface area contributed by atoms with Gasteiger partial charge in [-0.2, -0.15) is 0 Å². The number of nitrogens with one attached hydrogen (secondary N) is 1. The van der Waals surface area contributed by atoms with Gasteiger partial charge in [-0.05, 0) is 26.7 Å². The van der Waals surface area contributed by atoms with Gasteiger partial charge < -0.3 is 9.84 Å². The minimum Gasteiger partial charge on any atom is -0.361 e. The van der Waals surface area contributed by atoms with E-state index in [2.05, 4.69) is 36.1 Å². The summed E-state index contributed by atoms with van der Waals surface area (Å²) in [5.74, 6) is 1.61. The third kappa shape index (κ3) is 2.45. The molecular formula is C14H25N3O. The summed E-state index contributed by atoms with van der Waals surface area (Å²) in [4.78, 5) is 2.59. The Hall–Kier alpha value is -0.870. The van der Waals surface area contributed by atoms with Crippen LogP contribution in [0.3, 0.4) is 0 Å². The van der Waals surface area contributed by atoms with Crippen LogP contribution in [0.4, 0.5) is 0 Å². The number of hydrogen-bond donors (Lipinski definition) is 1. The van der Waals surface area contributed by atoms with Gasteiger partial charge in [-0.3, -0.25) is 4.90 Å².